The molecule has 0 bridgehead atoms. The van der Waals surface area contributed by atoms with Crippen LogP contribution in [0.3, 0.4) is 0 Å². The third-order valence-corrected chi connectivity index (χ3v) is 0. The van der Waals surface area contributed by atoms with E-state index in [1.165, 1.54) is 0 Å². The third-order valence-electron chi connectivity index (χ3n) is 0. The molecule has 0 saturated carbocycles. The standard InChI is InChI=1S/Al.Cu.Mg.Ni.H4Si.H2Te.5H/h;;;;1H4;1H2;;;;;/q;;+2;;;;;;;2*-1. The van der Waals surface area contributed by atoms with Crippen molar-refractivity contribution in [3.8, 4) is 0 Å². The van der Waals surface area contributed by atoms with Crippen molar-refractivity contribution in [3.63, 3.8) is 0 Å². The van der Waals surface area contributed by atoms with Gasteiger partial charge in [0.1, 0.15) is 0 Å². The molecule has 0 amide bonds. The topological polar surface area (TPSA) is 0 Å². The van der Waals surface area contributed by atoms with Gasteiger partial charge < -0.3 is 2.85 Å². The normalized spacial score (nSPS) is 0. The SMILES string of the molecule is [AlH3].[Cu].[H-].[H-].[Mg+2].[Ni].[SiH4].[TeH2]. The van der Waals surface area contributed by atoms with Crippen LogP contribution in [0.5, 0.6) is 0 Å². The van der Waals surface area contributed by atoms with E-state index in [1.807, 2.05) is 0 Å². The maximum atomic E-state index is 0. The van der Waals surface area contributed by atoms with Crippen molar-refractivity contribution in [1.29, 1.82) is 0 Å². The zero-order valence-electron chi connectivity index (χ0n) is 3.82. The van der Waals surface area contributed by atoms with E-state index in [2.05, 4.69) is 0 Å². The van der Waals surface area contributed by atoms with Crippen LogP contribution in [0.2, 0.25) is 0 Å². The van der Waals surface area contributed by atoms with Gasteiger partial charge in [-0.05, 0) is 11.0 Å². The Balaban J connectivity index is 0. The van der Waals surface area contributed by atoms with E-state index in [0.29, 0.717) is 0 Å². The van der Waals surface area contributed by atoms with E-state index in [0.717, 1.165) is 0 Å². The van der Waals surface area contributed by atoms with Gasteiger partial charge in [-0.1, -0.05) is 0 Å². The summed E-state index contributed by atoms with van der Waals surface area (Å²) in [4.78, 5) is 0. The molecule has 6 heavy (non-hydrogen) atoms. The molecule has 0 rings (SSSR count). The first-order valence-electron chi connectivity index (χ1n) is 0. The summed E-state index contributed by atoms with van der Waals surface area (Å²) in [5, 5.41) is 0. The van der Waals surface area contributed by atoms with Crippen molar-refractivity contribution in [2.75, 3.05) is 0 Å². The maximum absolute atomic E-state index is 0. The van der Waals surface area contributed by atoms with Gasteiger partial charge in [0, 0.05) is 33.6 Å². The predicted octanol–water partition coefficient (Wildman–Crippen LogP) is -3.71. The average molecular weight is 340 g/mol. The molecule has 0 heterocycles. The Labute approximate surface area is 110 Å². The first-order chi connectivity index (χ1) is 0. The molecule has 0 nitrogen and oxygen atoms in total. The molecule has 47 valence electrons. The van der Waals surface area contributed by atoms with E-state index < -0.39 is 0 Å². The zero-order valence-corrected chi connectivity index (χ0v) is 8.02. The number of hydrogen-bond acceptors (Lipinski definition) is 0. The molecule has 0 aliphatic heterocycles. The molecule has 0 N–H and O–H groups in total. The second-order valence-electron chi connectivity index (χ2n) is 0. The van der Waals surface area contributed by atoms with Gasteiger partial charge in [-0.3, -0.25) is 0 Å². The summed E-state index contributed by atoms with van der Waals surface area (Å²) in [6.45, 7) is 0. The first kappa shape index (κ1) is 58.6. The Bertz CT molecular complexity index is 22.0. The molecule has 0 aliphatic rings. The van der Waals surface area contributed by atoms with Gasteiger partial charge in [0.2, 0.25) is 0 Å². The van der Waals surface area contributed by atoms with E-state index in [4.69, 9.17) is 0 Å². The summed E-state index contributed by atoms with van der Waals surface area (Å²) in [5.74, 6) is 0. The summed E-state index contributed by atoms with van der Waals surface area (Å²) in [5.41, 5.74) is 0. The predicted molar refractivity (Wildman–Crippen MR) is 37.8 cm³/mol. The quantitative estimate of drug-likeness (QED) is 0.398. The average Bonchev–Trinajstić information content (AvgIpc) is 0. The van der Waals surface area contributed by atoms with Crippen molar-refractivity contribution in [2.45, 2.75) is 0 Å². The van der Waals surface area contributed by atoms with Crippen LogP contribution in [-0.4, -0.2) is 75.0 Å². The van der Waals surface area contributed by atoms with Crippen molar-refractivity contribution in [2.24, 2.45) is 0 Å². The second kappa shape index (κ2) is 40.5. The molecule has 0 aromatic carbocycles. The Hall–Kier alpha value is 3.32. The molecule has 0 unspecified atom stereocenters. The molecular formula is H11AlCuMgNiSiTe. The van der Waals surface area contributed by atoms with Gasteiger partial charge in [-0.25, -0.2) is 0 Å². The monoisotopic (exact) mass is 341 g/mol. The van der Waals surface area contributed by atoms with Gasteiger partial charge in [-0.2, -0.15) is 0 Å². The fourth-order valence-electron chi connectivity index (χ4n) is 0. The molecule has 0 spiro atoms. The number of rotatable bonds is 0. The first-order valence-corrected chi connectivity index (χ1v) is 0. The minimum absolute atomic E-state index is 0. The van der Waals surface area contributed by atoms with Crippen LogP contribution in [0.4, 0.5) is 0 Å². The van der Waals surface area contributed by atoms with Crippen LogP contribution in [0, 0.1) is 0 Å². The van der Waals surface area contributed by atoms with Gasteiger partial charge in [-0.15, -0.1) is 0 Å². The Morgan fingerprint density at radius 2 is 1.17 bits per heavy atom. The zero-order chi connectivity index (χ0) is 0. The van der Waals surface area contributed by atoms with Crippen LogP contribution < -0.4 is 0 Å². The second-order valence-corrected chi connectivity index (χ2v) is 0. The van der Waals surface area contributed by atoms with Crippen molar-refractivity contribution in [3.05, 3.63) is 0 Å². The molecular weight excluding hydrogens is 329 g/mol. The molecule has 0 aromatic heterocycles. The number of hydrogen-bond donors (Lipinski definition) is 0. The Kier molecular flexibility index (Phi) is 395. The van der Waals surface area contributed by atoms with Crippen molar-refractivity contribution >= 4 is 75.0 Å². The Morgan fingerprint density at radius 1 is 1.17 bits per heavy atom. The molecule has 1 radical (unpaired) electrons. The summed E-state index contributed by atoms with van der Waals surface area (Å²) in [6.07, 6.45) is 0. The molecule has 0 saturated heterocycles. The molecule has 0 atom stereocenters. The van der Waals surface area contributed by atoms with Crippen LogP contribution in [-0.2, 0) is 33.6 Å². The molecule has 0 aromatic rings. The molecule has 0 fully saturated rings. The summed E-state index contributed by atoms with van der Waals surface area (Å²) >= 11 is 0. The van der Waals surface area contributed by atoms with E-state index in [1.54, 1.807) is 0 Å². The van der Waals surface area contributed by atoms with Crippen LogP contribution in [0.1, 0.15) is 2.85 Å². The summed E-state index contributed by atoms with van der Waals surface area (Å²) in [7, 11) is 0. The third kappa shape index (κ3) is 26.5. The van der Waals surface area contributed by atoms with Gasteiger partial charge in [0.05, 0.1) is 0 Å². The van der Waals surface area contributed by atoms with E-state index in [-0.39, 0.29) is 111 Å². The fourth-order valence-corrected chi connectivity index (χ4v) is 0. The minimum atomic E-state index is 0. The summed E-state index contributed by atoms with van der Waals surface area (Å²) < 4.78 is 0. The van der Waals surface area contributed by atoms with Crippen molar-refractivity contribution in [1.82, 2.24) is 0 Å². The van der Waals surface area contributed by atoms with Crippen molar-refractivity contribution < 1.29 is 36.4 Å². The van der Waals surface area contributed by atoms with Gasteiger partial charge in [0.15, 0.2) is 17.4 Å². The van der Waals surface area contributed by atoms with Crippen LogP contribution in [0.15, 0.2) is 0 Å². The van der Waals surface area contributed by atoms with E-state index in [9.17, 15) is 0 Å². The van der Waals surface area contributed by atoms with Gasteiger partial charge in [0.25, 0.3) is 0 Å². The van der Waals surface area contributed by atoms with Crippen LogP contribution >= 0.6 is 0 Å². The Morgan fingerprint density at radius 3 is 1.17 bits per heavy atom. The molecule has 0 aliphatic carbocycles. The van der Waals surface area contributed by atoms with E-state index >= 15 is 0 Å². The fraction of sp³-hybridized carbons (Fsp3) is 0. The molecule has 6 heteroatoms. The van der Waals surface area contributed by atoms with Crippen LogP contribution in [0.25, 0.3) is 0 Å². The summed E-state index contributed by atoms with van der Waals surface area (Å²) in [6, 6.07) is 0. The van der Waals surface area contributed by atoms with Gasteiger partial charge >= 0.3 is 46.7 Å².